The maximum atomic E-state index is 14.2. The molecule has 1 atom stereocenters. The van der Waals surface area contributed by atoms with E-state index in [0.717, 1.165) is 30.2 Å². The summed E-state index contributed by atoms with van der Waals surface area (Å²) in [6.07, 6.45) is 0.863. The number of nitrogens with zero attached hydrogens (tertiary/aromatic N) is 4. The van der Waals surface area contributed by atoms with Crippen molar-refractivity contribution in [1.29, 1.82) is 0 Å². The zero-order chi connectivity index (χ0) is 20.8. The van der Waals surface area contributed by atoms with Gasteiger partial charge in [-0.25, -0.2) is 9.38 Å². The summed E-state index contributed by atoms with van der Waals surface area (Å²) >= 11 is 0. The molecule has 0 spiro atoms. The minimum absolute atomic E-state index is 0. The van der Waals surface area contributed by atoms with Crippen LogP contribution in [0.4, 0.5) is 10.1 Å². The molecule has 0 saturated heterocycles. The van der Waals surface area contributed by atoms with Gasteiger partial charge in [-0.2, -0.15) is 5.10 Å². The van der Waals surface area contributed by atoms with Crippen molar-refractivity contribution < 1.29 is 4.39 Å². The molecule has 0 aliphatic carbocycles. The number of aryl methyl sites for hydroxylation is 2. The minimum atomic E-state index is -0.230. The van der Waals surface area contributed by atoms with Gasteiger partial charge in [0.25, 0.3) is 0 Å². The molecule has 0 aliphatic heterocycles. The van der Waals surface area contributed by atoms with E-state index in [0.29, 0.717) is 12.2 Å². The Bertz CT molecular complexity index is 831. The Hall–Kier alpha value is -1.84. The molecule has 0 saturated carbocycles. The smallest absolute Gasteiger partial charge is 0.191 e. The highest BCUT2D eigenvalue weighted by Gasteiger charge is 2.14. The largest absolute Gasteiger partial charge is 0.375 e. The van der Waals surface area contributed by atoms with Crippen LogP contribution < -0.4 is 15.5 Å². The third-order valence-corrected chi connectivity index (χ3v) is 4.81. The monoisotopic (exact) mass is 516 g/mol. The van der Waals surface area contributed by atoms with Crippen molar-refractivity contribution in [1.82, 2.24) is 20.4 Å². The van der Waals surface area contributed by atoms with Crippen LogP contribution in [0.1, 0.15) is 36.4 Å². The lowest BCUT2D eigenvalue weighted by Crippen LogP contribution is -2.43. The number of nitrogens with one attached hydrogen (secondary N) is 2. The van der Waals surface area contributed by atoms with Crippen LogP contribution in [-0.2, 0) is 20.0 Å². The Labute approximate surface area is 191 Å². The van der Waals surface area contributed by atoms with Gasteiger partial charge in [0.15, 0.2) is 5.96 Å². The molecule has 8 heteroatoms. The molecule has 0 aliphatic rings. The van der Waals surface area contributed by atoms with Crippen LogP contribution in [0.2, 0.25) is 0 Å². The second kappa shape index (κ2) is 11.4. The Morgan fingerprint density at radius 1 is 1.31 bits per heavy atom. The van der Waals surface area contributed by atoms with Crippen molar-refractivity contribution in [3.63, 3.8) is 0 Å². The van der Waals surface area contributed by atoms with E-state index in [-0.39, 0.29) is 35.8 Å². The molecule has 2 rings (SSSR count). The van der Waals surface area contributed by atoms with Gasteiger partial charge >= 0.3 is 0 Å². The third kappa shape index (κ3) is 6.87. The maximum absolute atomic E-state index is 14.2. The standard InChI is InChI=1S/C21H33FN6.HI/c1-8-23-21(24-13-17-9-10-20(27(5)6)19(22)12-17)25-14(2)11-18-15(3)26-28(7)16(18)4;/h9-10,12,14H,8,11,13H2,1-7H3,(H2,23,24,25);1H. The van der Waals surface area contributed by atoms with Gasteiger partial charge in [-0.1, -0.05) is 6.07 Å². The Balaban J connectivity index is 0.00000420. The zero-order valence-corrected chi connectivity index (χ0v) is 20.8. The molecule has 0 radical (unpaired) electrons. The van der Waals surface area contributed by atoms with Crippen LogP contribution >= 0.6 is 24.0 Å². The van der Waals surface area contributed by atoms with E-state index in [2.05, 4.69) is 34.6 Å². The molecule has 1 unspecified atom stereocenters. The number of rotatable bonds is 7. The first-order valence-corrected chi connectivity index (χ1v) is 9.72. The van der Waals surface area contributed by atoms with Crippen molar-refractivity contribution in [2.24, 2.45) is 12.0 Å². The van der Waals surface area contributed by atoms with Gasteiger partial charge in [0.1, 0.15) is 5.82 Å². The van der Waals surface area contributed by atoms with Crippen LogP contribution in [0.5, 0.6) is 0 Å². The fraction of sp³-hybridized carbons (Fsp3) is 0.524. The summed E-state index contributed by atoms with van der Waals surface area (Å²) in [5.41, 5.74) is 4.93. The van der Waals surface area contributed by atoms with E-state index in [4.69, 9.17) is 0 Å². The average Bonchev–Trinajstić information content (AvgIpc) is 2.85. The Kier molecular flexibility index (Phi) is 9.88. The molecule has 6 nitrogen and oxygen atoms in total. The molecule has 1 heterocycles. The Morgan fingerprint density at radius 3 is 2.52 bits per heavy atom. The average molecular weight is 516 g/mol. The van der Waals surface area contributed by atoms with Crippen molar-refractivity contribution >= 4 is 35.6 Å². The molecule has 162 valence electrons. The van der Waals surface area contributed by atoms with Crippen molar-refractivity contribution in [2.75, 3.05) is 25.5 Å². The summed E-state index contributed by atoms with van der Waals surface area (Å²) in [6.45, 7) is 9.47. The van der Waals surface area contributed by atoms with Gasteiger partial charge < -0.3 is 15.5 Å². The molecule has 2 N–H and O–H groups in total. The summed E-state index contributed by atoms with van der Waals surface area (Å²) in [4.78, 5) is 6.39. The van der Waals surface area contributed by atoms with Gasteiger partial charge in [0.05, 0.1) is 17.9 Å². The number of guanidine groups is 1. The first-order chi connectivity index (χ1) is 13.2. The van der Waals surface area contributed by atoms with Gasteiger partial charge in [0, 0.05) is 39.4 Å². The number of hydrogen-bond donors (Lipinski definition) is 2. The minimum Gasteiger partial charge on any atom is -0.375 e. The van der Waals surface area contributed by atoms with Crippen molar-refractivity contribution in [3.05, 3.63) is 46.5 Å². The topological polar surface area (TPSA) is 57.5 Å². The molecule has 1 aromatic carbocycles. The number of hydrogen-bond acceptors (Lipinski definition) is 3. The predicted molar refractivity (Wildman–Crippen MR) is 130 cm³/mol. The van der Waals surface area contributed by atoms with Crippen LogP contribution in [0.25, 0.3) is 0 Å². The lowest BCUT2D eigenvalue weighted by Gasteiger charge is -2.18. The quantitative estimate of drug-likeness (QED) is 0.336. The molecule has 29 heavy (non-hydrogen) atoms. The highest BCUT2D eigenvalue weighted by molar-refractivity contribution is 14.0. The summed E-state index contributed by atoms with van der Waals surface area (Å²) < 4.78 is 16.1. The molecule has 0 amide bonds. The number of aliphatic imine (C=N–C) groups is 1. The van der Waals surface area contributed by atoms with Gasteiger partial charge in [-0.15, -0.1) is 24.0 Å². The molecule has 2 aromatic rings. The highest BCUT2D eigenvalue weighted by atomic mass is 127. The molecular formula is C21H34FIN6. The SMILES string of the molecule is CCNC(=NCc1ccc(N(C)C)c(F)c1)NC(C)Cc1c(C)nn(C)c1C.I. The van der Waals surface area contributed by atoms with Gasteiger partial charge in [-0.3, -0.25) is 4.68 Å². The third-order valence-electron chi connectivity index (χ3n) is 4.81. The van der Waals surface area contributed by atoms with E-state index in [9.17, 15) is 4.39 Å². The summed E-state index contributed by atoms with van der Waals surface area (Å²) in [5.74, 6) is 0.498. The lowest BCUT2D eigenvalue weighted by atomic mass is 10.1. The second-order valence-electron chi connectivity index (χ2n) is 7.40. The zero-order valence-electron chi connectivity index (χ0n) is 18.5. The van der Waals surface area contributed by atoms with Crippen molar-refractivity contribution in [3.8, 4) is 0 Å². The lowest BCUT2D eigenvalue weighted by molar-refractivity contribution is 0.622. The molecule has 1 aromatic heterocycles. The molecule has 0 bridgehead atoms. The maximum Gasteiger partial charge on any atom is 0.191 e. The molecule has 0 fully saturated rings. The van der Waals surface area contributed by atoms with Crippen LogP contribution in [0.3, 0.4) is 0 Å². The normalized spacial score (nSPS) is 12.3. The van der Waals surface area contributed by atoms with Gasteiger partial charge in [0.2, 0.25) is 0 Å². The van der Waals surface area contributed by atoms with Crippen LogP contribution in [0.15, 0.2) is 23.2 Å². The van der Waals surface area contributed by atoms with E-state index in [1.54, 1.807) is 17.0 Å². The Morgan fingerprint density at radius 2 is 2.00 bits per heavy atom. The number of aromatic nitrogens is 2. The number of halogens is 2. The predicted octanol–water partition coefficient (Wildman–Crippen LogP) is 3.55. The van der Waals surface area contributed by atoms with Crippen LogP contribution in [0, 0.1) is 19.7 Å². The van der Waals surface area contributed by atoms with E-state index in [1.165, 1.54) is 11.3 Å². The van der Waals surface area contributed by atoms with E-state index < -0.39 is 0 Å². The second-order valence-corrected chi connectivity index (χ2v) is 7.40. The number of benzene rings is 1. The first kappa shape index (κ1) is 25.2. The first-order valence-electron chi connectivity index (χ1n) is 9.72. The molecular weight excluding hydrogens is 482 g/mol. The van der Waals surface area contributed by atoms with Crippen molar-refractivity contribution in [2.45, 2.75) is 46.7 Å². The summed E-state index contributed by atoms with van der Waals surface area (Å²) in [6, 6.07) is 5.44. The fourth-order valence-corrected chi connectivity index (χ4v) is 3.21. The van der Waals surface area contributed by atoms with Gasteiger partial charge in [-0.05, 0) is 57.4 Å². The number of anilines is 1. The van der Waals surface area contributed by atoms with E-state index >= 15 is 0 Å². The summed E-state index contributed by atoms with van der Waals surface area (Å²) in [7, 11) is 5.63. The van der Waals surface area contributed by atoms with E-state index in [1.807, 2.05) is 45.7 Å². The van der Waals surface area contributed by atoms with Crippen LogP contribution in [-0.4, -0.2) is 42.4 Å². The highest BCUT2D eigenvalue weighted by Crippen LogP contribution is 2.18. The summed E-state index contributed by atoms with van der Waals surface area (Å²) in [5, 5.41) is 11.2. The fourth-order valence-electron chi connectivity index (χ4n) is 3.21.